The molecule has 1 N–H and O–H groups in total. The molecular weight excluding hydrogens is 518 g/mol. The minimum absolute atomic E-state index is 0. The number of hydrogen-bond donors (Lipinski definition) is 1. The lowest BCUT2D eigenvalue weighted by Crippen LogP contribution is -2.47. The fourth-order valence-corrected chi connectivity index (χ4v) is 7.46. The van der Waals surface area contributed by atoms with E-state index in [0.717, 1.165) is 55.8 Å². The van der Waals surface area contributed by atoms with Crippen LogP contribution in [0.25, 0.3) is 11.0 Å². The molecule has 36 heavy (non-hydrogen) atoms. The molecule has 8 heteroatoms. The quantitative estimate of drug-likeness (QED) is 0.375. The van der Waals surface area contributed by atoms with E-state index in [1.54, 1.807) is 6.07 Å². The number of piperidine rings is 2. The van der Waals surface area contributed by atoms with Crippen molar-refractivity contribution in [3.63, 3.8) is 0 Å². The number of imidazole rings is 1. The van der Waals surface area contributed by atoms with E-state index in [0.29, 0.717) is 23.1 Å². The summed E-state index contributed by atoms with van der Waals surface area (Å²) in [5.74, 6) is 0.917. The highest BCUT2D eigenvalue weighted by Crippen LogP contribution is 2.44. The summed E-state index contributed by atoms with van der Waals surface area (Å²) in [6.45, 7) is 5.20. The molecule has 4 heterocycles. The molecule has 0 spiro atoms. The van der Waals surface area contributed by atoms with Gasteiger partial charge in [0.15, 0.2) is 0 Å². The largest absolute Gasteiger partial charge is 0.325 e. The molecule has 6 rings (SSSR count). The van der Waals surface area contributed by atoms with Gasteiger partial charge >= 0.3 is 0 Å². The fourth-order valence-electron chi connectivity index (χ4n) is 7.24. The number of fused-ring (bicyclic) bond motifs is 3. The van der Waals surface area contributed by atoms with E-state index < -0.39 is 0 Å². The van der Waals surface area contributed by atoms with E-state index in [9.17, 15) is 4.39 Å². The predicted octanol–water partition coefficient (Wildman–Crippen LogP) is 6.86. The van der Waals surface area contributed by atoms with E-state index in [-0.39, 0.29) is 36.0 Å². The summed E-state index contributed by atoms with van der Waals surface area (Å²) in [6.07, 6.45) is 8.10. The monoisotopic (exact) mass is 552 g/mol. The van der Waals surface area contributed by atoms with Crippen LogP contribution in [0, 0.1) is 12.7 Å². The second kappa shape index (κ2) is 11.2. The Kier molecular flexibility index (Phi) is 8.58. The Morgan fingerprint density at radius 1 is 1.03 bits per heavy atom. The van der Waals surface area contributed by atoms with E-state index in [1.807, 2.05) is 6.07 Å². The van der Waals surface area contributed by atoms with Crippen LogP contribution in [0.5, 0.6) is 0 Å². The molecule has 3 aromatic rings. The summed E-state index contributed by atoms with van der Waals surface area (Å²) < 4.78 is 16.8. The zero-order chi connectivity index (χ0) is 23.3. The molecule has 3 fully saturated rings. The highest BCUT2D eigenvalue weighted by atomic mass is 35.5. The molecular formula is C28H36Cl3FN4. The van der Waals surface area contributed by atoms with Crippen LogP contribution >= 0.6 is 36.4 Å². The predicted molar refractivity (Wildman–Crippen MR) is 151 cm³/mol. The van der Waals surface area contributed by atoms with Crippen LogP contribution in [-0.4, -0.2) is 46.2 Å². The van der Waals surface area contributed by atoms with Gasteiger partial charge in [-0.05, 0) is 113 Å². The van der Waals surface area contributed by atoms with Gasteiger partial charge in [-0.1, -0.05) is 23.7 Å². The smallest absolute Gasteiger partial charge is 0.124 e. The summed E-state index contributed by atoms with van der Waals surface area (Å²) in [5, 5.41) is 4.01. The first-order valence-electron chi connectivity index (χ1n) is 12.9. The minimum Gasteiger partial charge on any atom is -0.325 e. The number of hydrogen-bond acceptors (Lipinski definition) is 3. The van der Waals surface area contributed by atoms with Crippen molar-refractivity contribution >= 4 is 47.4 Å². The minimum atomic E-state index is -0.218. The van der Waals surface area contributed by atoms with Crippen molar-refractivity contribution in [3.8, 4) is 0 Å². The van der Waals surface area contributed by atoms with Crippen molar-refractivity contribution in [1.29, 1.82) is 0 Å². The third kappa shape index (κ3) is 5.02. The van der Waals surface area contributed by atoms with Crippen molar-refractivity contribution in [2.24, 2.45) is 0 Å². The van der Waals surface area contributed by atoms with Gasteiger partial charge in [0.1, 0.15) is 11.6 Å². The molecule has 0 saturated carbocycles. The molecule has 3 saturated heterocycles. The number of benzene rings is 2. The van der Waals surface area contributed by atoms with Crippen LogP contribution in [-0.2, 0) is 5.41 Å². The van der Waals surface area contributed by atoms with Gasteiger partial charge in [-0.3, -0.25) is 4.90 Å². The highest BCUT2D eigenvalue weighted by Gasteiger charge is 2.43. The maximum atomic E-state index is 14.3. The van der Waals surface area contributed by atoms with Crippen molar-refractivity contribution in [2.75, 3.05) is 19.6 Å². The molecule has 0 radical (unpaired) electrons. The van der Waals surface area contributed by atoms with E-state index in [2.05, 4.69) is 46.0 Å². The maximum Gasteiger partial charge on any atom is 0.124 e. The number of aryl methyl sites for hydroxylation is 1. The van der Waals surface area contributed by atoms with Gasteiger partial charge in [-0.2, -0.15) is 0 Å². The first-order valence-corrected chi connectivity index (χ1v) is 13.3. The van der Waals surface area contributed by atoms with Crippen molar-refractivity contribution in [3.05, 3.63) is 64.7 Å². The molecule has 0 aliphatic carbocycles. The van der Waals surface area contributed by atoms with E-state index >= 15 is 0 Å². The van der Waals surface area contributed by atoms with Gasteiger partial charge in [0.05, 0.1) is 11.0 Å². The molecule has 2 aromatic carbocycles. The van der Waals surface area contributed by atoms with Crippen LogP contribution in [0.3, 0.4) is 0 Å². The lowest BCUT2D eigenvalue weighted by Gasteiger charge is -2.44. The van der Waals surface area contributed by atoms with Crippen LogP contribution in [0.15, 0.2) is 42.5 Å². The average molecular weight is 554 g/mol. The Bertz CT molecular complexity index is 1160. The molecule has 0 amide bonds. The Hall–Kier alpha value is -1.37. The average Bonchev–Trinajstić information content (AvgIpc) is 3.28. The summed E-state index contributed by atoms with van der Waals surface area (Å²) >= 11 is 6.28. The second-order valence-corrected chi connectivity index (χ2v) is 11.1. The zero-order valence-corrected chi connectivity index (χ0v) is 23.1. The Labute approximate surface area is 230 Å². The number of rotatable bonds is 5. The van der Waals surface area contributed by atoms with Crippen molar-refractivity contribution < 1.29 is 4.39 Å². The SMILES string of the molecule is Cc1nc2ccccc2n1C1CC2CC[C@H](C1)N2CCC1(c2cc(F)cc(Cl)c2)CCNCC1.Cl.Cl. The van der Waals surface area contributed by atoms with Gasteiger partial charge in [0, 0.05) is 23.1 Å². The molecule has 3 aliphatic heterocycles. The molecule has 2 unspecified atom stereocenters. The molecule has 4 nitrogen and oxygen atoms in total. The van der Waals surface area contributed by atoms with Gasteiger partial charge in [0.25, 0.3) is 0 Å². The normalized spacial score (nSPS) is 25.4. The van der Waals surface area contributed by atoms with Gasteiger partial charge < -0.3 is 9.88 Å². The Balaban J connectivity index is 0.00000152. The molecule has 2 bridgehead atoms. The fraction of sp³-hybridized carbons (Fsp3) is 0.536. The highest BCUT2D eigenvalue weighted by molar-refractivity contribution is 6.30. The Morgan fingerprint density at radius 3 is 2.42 bits per heavy atom. The van der Waals surface area contributed by atoms with E-state index in [1.165, 1.54) is 37.3 Å². The number of aromatic nitrogens is 2. The van der Waals surface area contributed by atoms with Gasteiger partial charge in [0.2, 0.25) is 0 Å². The zero-order valence-electron chi connectivity index (χ0n) is 20.8. The van der Waals surface area contributed by atoms with Gasteiger partial charge in [-0.15, -0.1) is 24.8 Å². The molecule has 1 aromatic heterocycles. The lowest BCUT2D eigenvalue weighted by atomic mass is 9.70. The second-order valence-electron chi connectivity index (χ2n) is 10.7. The van der Waals surface area contributed by atoms with Crippen molar-refractivity contribution in [1.82, 2.24) is 19.8 Å². The van der Waals surface area contributed by atoms with Crippen molar-refractivity contribution in [2.45, 2.75) is 75.4 Å². The number of halogens is 4. The first-order chi connectivity index (χ1) is 16.5. The van der Waals surface area contributed by atoms with Crippen LogP contribution < -0.4 is 5.32 Å². The molecule has 3 atom stereocenters. The number of nitrogens with one attached hydrogen (secondary N) is 1. The summed E-state index contributed by atoms with van der Waals surface area (Å²) in [7, 11) is 0. The van der Waals surface area contributed by atoms with Crippen LogP contribution in [0.4, 0.5) is 4.39 Å². The summed E-state index contributed by atoms with van der Waals surface area (Å²) in [6, 6.07) is 15.5. The third-order valence-corrected chi connectivity index (χ3v) is 9.10. The third-order valence-electron chi connectivity index (χ3n) is 8.88. The molecule has 196 valence electrons. The number of para-hydroxylation sites is 2. The number of nitrogens with zero attached hydrogens (tertiary/aromatic N) is 3. The first kappa shape index (κ1) is 27.7. The standard InChI is InChI=1S/C28H34ClFN4.2ClH/c1-19-32-26-4-2-3-5-27(26)34(19)25-17-23-6-7-24(18-25)33(23)13-10-28(8-11-31-12-9-28)20-14-21(29)16-22(30)15-20;;/h2-5,14-16,23-25,31H,6-13,17-18H2,1H3;2*1H/t23-,24?,25?;;/m1../s1. The van der Waals surface area contributed by atoms with E-state index in [4.69, 9.17) is 16.6 Å². The van der Waals surface area contributed by atoms with Crippen LogP contribution in [0.1, 0.15) is 62.4 Å². The molecule has 3 aliphatic rings. The topological polar surface area (TPSA) is 33.1 Å². The Morgan fingerprint density at radius 2 is 1.72 bits per heavy atom. The maximum absolute atomic E-state index is 14.3. The summed E-state index contributed by atoms with van der Waals surface area (Å²) in [4.78, 5) is 7.62. The van der Waals surface area contributed by atoms with Gasteiger partial charge in [-0.25, -0.2) is 9.37 Å². The lowest BCUT2D eigenvalue weighted by molar-refractivity contribution is 0.0928. The summed E-state index contributed by atoms with van der Waals surface area (Å²) in [5.41, 5.74) is 3.47. The van der Waals surface area contributed by atoms with Crippen LogP contribution in [0.2, 0.25) is 5.02 Å².